The molecular formula is C9H18FN. The van der Waals surface area contributed by atoms with Gasteiger partial charge < -0.3 is 5.32 Å². The molecule has 0 saturated heterocycles. The van der Waals surface area contributed by atoms with Gasteiger partial charge in [-0.15, -0.1) is 0 Å². The number of nitrogens with one attached hydrogen (secondary N) is 1. The summed E-state index contributed by atoms with van der Waals surface area (Å²) in [5, 5.41) is 3.35. The van der Waals surface area contributed by atoms with Crippen LogP contribution in [0.15, 0.2) is 0 Å². The van der Waals surface area contributed by atoms with E-state index in [1.807, 2.05) is 0 Å². The Balaban J connectivity index is 1.87. The minimum absolute atomic E-state index is 0.182. The largest absolute Gasteiger partial charge is 0.314 e. The average Bonchev–Trinajstić information content (AvgIpc) is 2.70. The SMILES string of the molecule is CCCC1CC1NCCCF. The Hall–Kier alpha value is -0.110. The highest BCUT2D eigenvalue weighted by atomic mass is 19.1. The van der Waals surface area contributed by atoms with Crippen LogP contribution in [0.25, 0.3) is 0 Å². The first-order valence-corrected chi connectivity index (χ1v) is 4.67. The lowest BCUT2D eigenvalue weighted by Gasteiger charge is -2.00. The standard InChI is InChI=1S/C9H18FN/c1-2-4-8-7-9(8)11-6-3-5-10/h8-9,11H,2-7H2,1H3. The normalized spacial score (nSPS) is 28.9. The Kier molecular flexibility index (Phi) is 3.84. The highest BCUT2D eigenvalue weighted by Gasteiger charge is 2.34. The third-order valence-corrected chi connectivity index (χ3v) is 2.30. The van der Waals surface area contributed by atoms with E-state index in [2.05, 4.69) is 12.2 Å². The lowest BCUT2D eigenvalue weighted by molar-refractivity contribution is 0.454. The van der Waals surface area contributed by atoms with Crippen LogP contribution < -0.4 is 5.32 Å². The molecule has 0 aromatic rings. The molecular weight excluding hydrogens is 141 g/mol. The van der Waals surface area contributed by atoms with E-state index in [-0.39, 0.29) is 6.67 Å². The molecule has 1 saturated carbocycles. The Labute approximate surface area is 68.4 Å². The van der Waals surface area contributed by atoms with Gasteiger partial charge in [-0.3, -0.25) is 4.39 Å². The van der Waals surface area contributed by atoms with E-state index in [1.165, 1.54) is 19.3 Å². The summed E-state index contributed by atoms with van der Waals surface area (Å²) >= 11 is 0. The molecule has 11 heavy (non-hydrogen) atoms. The van der Waals surface area contributed by atoms with Crippen LogP contribution in [0.2, 0.25) is 0 Å². The number of rotatable bonds is 6. The van der Waals surface area contributed by atoms with Crippen LogP contribution in [0.1, 0.15) is 32.6 Å². The van der Waals surface area contributed by atoms with Crippen LogP contribution in [-0.2, 0) is 0 Å². The van der Waals surface area contributed by atoms with Gasteiger partial charge in [-0.2, -0.15) is 0 Å². The number of hydrogen-bond donors (Lipinski definition) is 1. The van der Waals surface area contributed by atoms with Crippen LogP contribution in [0.3, 0.4) is 0 Å². The third kappa shape index (κ3) is 3.19. The van der Waals surface area contributed by atoms with Gasteiger partial charge >= 0.3 is 0 Å². The van der Waals surface area contributed by atoms with Gasteiger partial charge in [-0.25, -0.2) is 0 Å². The van der Waals surface area contributed by atoms with Crippen molar-refractivity contribution >= 4 is 0 Å². The fraction of sp³-hybridized carbons (Fsp3) is 1.00. The quantitative estimate of drug-likeness (QED) is 0.585. The van der Waals surface area contributed by atoms with Crippen molar-refractivity contribution in [2.24, 2.45) is 5.92 Å². The molecule has 66 valence electrons. The van der Waals surface area contributed by atoms with Gasteiger partial charge in [0.15, 0.2) is 0 Å². The van der Waals surface area contributed by atoms with Gasteiger partial charge in [-0.1, -0.05) is 13.3 Å². The predicted octanol–water partition coefficient (Wildman–Crippen LogP) is 2.12. The Morgan fingerprint density at radius 1 is 1.55 bits per heavy atom. The van der Waals surface area contributed by atoms with Crippen LogP contribution >= 0.6 is 0 Å². The van der Waals surface area contributed by atoms with Gasteiger partial charge in [0.1, 0.15) is 0 Å². The molecule has 1 N–H and O–H groups in total. The van der Waals surface area contributed by atoms with E-state index < -0.39 is 0 Å². The van der Waals surface area contributed by atoms with E-state index in [1.54, 1.807) is 0 Å². The van der Waals surface area contributed by atoms with Crippen molar-refractivity contribution in [3.8, 4) is 0 Å². The molecule has 0 spiro atoms. The molecule has 1 aliphatic carbocycles. The highest BCUT2D eigenvalue weighted by molar-refractivity contribution is 4.92. The molecule has 0 aromatic heterocycles. The zero-order chi connectivity index (χ0) is 8.10. The van der Waals surface area contributed by atoms with Crippen LogP contribution in [-0.4, -0.2) is 19.3 Å². The molecule has 0 heterocycles. The molecule has 2 heteroatoms. The number of halogens is 1. The zero-order valence-corrected chi connectivity index (χ0v) is 7.28. The maximum absolute atomic E-state index is 11.7. The average molecular weight is 159 g/mol. The first kappa shape index (κ1) is 8.98. The summed E-state index contributed by atoms with van der Waals surface area (Å²) in [6.07, 6.45) is 4.62. The minimum Gasteiger partial charge on any atom is -0.314 e. The van der Waals surface area contributed by atoms with Crippen LogP contribution in [0.5, 0.6) is 0 Å². The van der Waals surface area contributed by atoms with Crippen molar-refractivity contribution in [1.29, 1.82) is 0 Å². The molecule has 0 radical (unpaired) electrons. The smallest absolute Gasteiger partial charge is 0.0906 e. The predicted molar refractivity (Wildman–Crippen MR) is 45.4 cm³/mol. The van der Waals surface area contributed by atoms with Crippen molar-refractivity contribution in [1.82, 2.24) is 5.32 Å². The van der Waals surface area contributed by atoms with E-state index in [9.17, 15) is 4.39 Å². The Morgan fingerprint density at radius 3 is 3.00 bits per heavy atom. The lowest BCUT2D eigenvalue weighted by atomic mass is 10.2. The van der Waals surface area contributed by atoms with Crippen LogP contribution in [0.4, 0.5) is 4.39 Å². The molecule has 0 amide bonds. The summed E-state index contributed by atoms with van der Waals surface area (Å²) < 4.78 is 11.7. The van der Waals surface area contributed by atoms with E-state index in [0.717, 1.165) is 18.5 Å². The second kappa shape index (κ2) is 4.70. The maximum atomic E-state index is 11.7. The molecule has 1 nitrogen and oxygen atoms in total. The third-order valence-electron chi connectivity index (χ3n) is 2.30. The second-order valence-electron chi connectivity index (χ2n) is 3.39. The zero-order valence-electron chi connectivity index (χ0n) is 7.28. The molecule has 2 atom stereocenters. The summed E-state index contributed by atoms with van der Waals surface area (Å²) in [6.45, 7) is 2.90. The Bertz CT molecular complexity index is 106. The van der Waals surface area contributed by atoms with Gasteiger partial charge in [0.05, 0.1) is 6.67 Å². The number of alkyl halides is 1. The van der Waals surface area contributed by atoms with Gasteiger partial charge in [0, 0.05) is 6.04 Å². The molecule has 1 rings (SSSR count). The summed E-state index contributed by atoms with van der Waals surface area (Å²) in [4.78, 5) is 0. The van der Waals surface area contributed by atoms with Gasteiger partial charge in [0.2, 0.25) is 0 Å². The molecule has 0 aliphatic heterocycles. The second-order valence-corrected chi connectivity index (χ2v) is 3.39. The molecule has 1 fully saturated rings. The molecule has 0 bridgehead atoms. The first-order valence-electron chi connectivity index (χ1n) is 4.67. The number of hydrogen-bond acceptors (Lipinski definition) is 1. The first-order chi connectivity index (χ1) is 5.38. The topological polar surface area (TPSA) is 12.0 Å². The highest BCUT2D eigenvalue weighted by Crippen LogP contribution is 2.34. The van der Waals surface area contributed by atoms with E-state index in [4.69, 9.17) is 0 Å². The lowest BCUT2D eigenvalue weighted by Crippen LogP contribution is -2.19. The molecule has 0 aromatic carbocycles. The fourth-order valence-corrected chi connectivity index (χ4v) is 1.54. The molecule has 2 unspecified atom stereocenters. The van der Waals surface area contributed by atoms with Crippen molar-refractivity contribution in [3.05, 3.63) is 0 Å². The Morgan fingerprint density at radius 2 is 2.36 bits per heavy atom. The van der Waals surface area contributed by atoms with Crippen molar-refractivity contribution in [3.63, 3.8) is 0 Å². The van der Waals surface area contributed by atoms with Gasteiger partial charge in [0.25, 0.3) is 0 Å². The fourth-order valence-electron chi connectivity index (χ4n) is 1.54. The summed E-state index contributed by atoms with van der Waals surface area (Å²) in [6, 6.07) is 0.724. The summed E-state index contributed by atoms with van der Waals surface area (Å²) in [7, 11) is 0. The molecule has 1 aliphatic rings. The maximum Gasteiger partial charge on any atom is 0.0906 e. The van der Waals surface area contributed by atoms with Crippen molar-refractivity contribution in [2.45, 2.75) is 38.6 Å². The van der Waals surface area contributed by atoms with E-state index in [0.29, 0.717) is 6.42 Å². The monoisotopic (exact) mass is 159 g/mol. The summed E-state index contributed by atoms with van der Waals surface area (Å²) in [5.41, 5.74) is 0. The van der Waals surface area contributed by atoms with Crippen LogP contribution in [0, 0.1) is 5.92 Å². The summed E-state index contributed by atoms with van der Waals surface area (Å²) in [5.74, 6) is 0.902. The van der Waals surface area contributed by atoms with E-state index >= 15 is 0 Å². The van der Waals surface area contributed by atoms with Gasteiger partial charge in [-0.05, 0) is 31.7 Å². The van der Waals surface area contributed by atoms with Crippen molar-refractivity contribution in [2.75, 3.05) is 13.2 Å². The van der Waals surface area contributed by atoms with Crippen molar-refractivity contribution < 1.29 is 4.39 Å². The minimum atomic E-state index is -0.182.